The lowest BCUT2D eigenvalue weighted by molar-refractivity contribution is 0.579. The van der Waals surface area contributed by atoms with Crippen LogP contribution in [-0.4, -0.2) is 0 Å². The molecule has 0 aliphatic heterocycles. The molecule has 1 radical (unpaired) electrons. The van der Waals surface area contributed by atoms with Crippen LogP contribution in [0.3, 0.4) is 0 Å². The molecule has 25 heavy (non-hydrogen) atoms. The molecule has 3 aromatic carbocycles. The standard InChI is InChI=1S/C25H27/c1-18-16-19(2)23(22(17-18)25(3,4)5)24(20-12-8-6-9-13-20)21-14-10-7-11-15-21/h6-15,17,24H,1-5H3. The van der Waals surface area contributed by atoms with Gasteiger partial charge in [-0.05, 0) is 58.7 Å². The average Bonchev–Trinajstić information content (AvgIpc) is 2.58. The van der Waals surface area contributed by atoms with Crippen molar-refractivity contribution in [1.82, 2.24) is 0 Å². The Morgan fingerprint density at radius 3 is 1.68 bits per heavy atom. The Kier molecular flexibility index (Phi) is 4.81. The molecule has 0 heterocycles. The van der Waals surface area contributed by atoms with Gasteiger partial charge in [-0.1, -0.05) is 87.5 Å². The molecule has 0 amide bonds. The van der Waals surface area contributed by atoms with Crippen LogP contribution in [-0.2, 0) is 5.41 Å². The quantitative estimate of drug-likeness (QED) is 0.476. The lowest BCUT2D eigenvalue weighted by atomic mass is 9.73. The van der Waals surface area contributed by atoms with Crippen molar-refractivity contribution in [3.63, 3.8) is 0 Å². The zero-order valence-corrected chi connectivity index (χ0v) is 15.9. The first-order chi connectivity index (χ1) is 11.9. The van der Waals surface area contributed by atoms with Gasteiger partial charge in [0.05, 0.1) is 0 Å². The first-order valence-corrected chi connectivity index (χ1v) is 9.01. The van der Waals surface area contributed by atoms with Crippen molar-refractivity contribution in [2.24, 2.45) is 0 Å². The molecule has 0 N–H and O–H groups in total. The number of benzene rings is 3. The summed E-state index contributed by atoms with van der Waals surface area (Å²) in [4.78, 5) is 0. The van der Waals surface area contributed by atoms with Crippen molar-refractivity contribution in [3.05, 3.63) is 106 Å². The van der Waals surface area contributed by atoms with Crippen LogP contribution in [0, 0.1) is 19.9 Å². The monoisotopic (exact) mass is 327 g/mol. The van der Waals surface area contributed by atoms with Crippen molar-refractivity contribution in [3.8, 4) is 0 Å². The molecule has 0 aromatic heterocycles. The molecule has 3 rings (SSSR count). The highest BCUT2D eigenvalue weighted by atomic mass is 14.3. The van der Waals surface area contributed by atoms with E-state index in [9.17, 15) is 0 Å². The smallest absolute Gasteiger partial charge is 0.0345 e. The Morgan fingerprint density at radius 2 is 1.24 bits per heavy atom. The van der Waals surface area contributed by atoms with Gasteiger partial charge in [0.1, 0.15) is 0 Å². The number of aryl methyl sites for hydroxylation is 2. The van der Waals surface area contributed by atoms with Crippen LogP contribution in [0.25, 0.3) is 0 Å². The summed E-state index contributed by atoms with van der Waals surface area (Å²) in [5, 5.41) is 0. The molecule has 0 saturated carbocycles. The van der Waals surface area contributed by atoms with E-state index in [-0.39, 0.29) is 11.3 Å². The van der Waals surface area contributed by atoms with Crippen LogP contribution in [0.1, 0.15) is 60.1 Å². The van der Waals surface area contributed by atoms with Gasteiger partial charge in [-0.3, -0.25) is 0 Å². The van der Waals surface area contributed by atoms with Crippen LogP contribution in [0.15, 0.2) is 66.7 Å². The second kappa shape index (κ2) is 6.88. The molecular weight excluding hydrogens is 300 g/mol. The minimum Gasteiger partial charge on any atom is -0.0622 e. The third-order valence-corrected chi connectivity index (χ3v) is 4.80. The molecule has 0 saturated heterocycles. The molecule has 0 atom stereocenters. The zero-order valence-electron chi connectivity index (χ0n) is 15.9. The molecule has 0 aliphatic carbocycles. The summed E-state index contributed by atoms with van der Waals surface area (Å²) in [5.74, 6) is 0.230. The number of rotatable bonds is 3. The van der Waals surface area contributed by atoms with E-state index in [0.717, 1.165) is 0 Å². The highest BCUT2D eigenvalue weighted by molar-refractivity contribution is 5.52. The van der Waals surface area contributed by atoms with Gasteiger partial charge in [-0.25, -0.2) is 0 Å². The van der Waals surface area contributed by atoms with E-state index >= 15 is 0 Å². The predicted molar refractivity (Wildman–Crippen MR) is 107 cm³/mol. The van der Waals surface area contributed by atoms with Crippen LogP contribution in [0.4, 0.5) is 0 Å². The third kappa shape index (κ3) is 3.69. The normalized spacial score (nSPS) is 11.8. The van der Waals surface area contributed by atoms with Gasteiger partial charge in [0.2, 0.25) is 0 Å². The van der Waals surface area contributed by atoms with Gasteiger partial charge in [0.15, 0.2) is 0 Å². The average molecular weight is 327 g/mol. The fraction of sp³-hybridized carbons (Fsp3) is 0.280. The molecule has 0 aliphatic rings. The van der Waals surface area contributed by atoms with Gasteiger partial charge in [0.25, 0.3) is 0 Å². The van der Waals surface area contributed by atoms with Crippen molar-refractivity contribution < 1.29 is 0 Å². The summed E-state index contributed by atoms with van der Waals surface area (Å²) >= 11 is 0. The Balaban J connectivity index is 2.32. The van der Waals surface area contributed by atoms with Crippen molar-refractivity contribution in [2.45, 2.75) is 46.0 Å². The Morgan fingerprint density at radius 1 is 0.760 bits per heavy atom. The SMILES string of the molecule is Cc1[c]c(C)c(C(c2ccccc2)c2ccccc2)c(C(C)(C)C)c1. The molecule has 0 heteroatoms. The Labute approximate surface area is 152 Å². The predicted octanol–water partition coefficient (Wildman–Crippen LogP) is 6.58. The van der Waals surface area contributed by atoms with Gasteiger partial charge in [-0.15, -0.1) is 0 Å². The third-order valence-electron chi connectivity index (χ3n) is 4.80. The number of hydrogen-bond donors (Lipinski definition) is 0. The van der Waals surface area contributed by atoms with Crippen LogP contribution < -0.4 is 0 Å². The molecule has 3 aromatic rings. The summed E-state index contributed by atoms with van der Waals surface area (Å²) in [7, 11) is 0. The van der Waals surface area contributed by atoms with E-state index in [2.05, 4.69) is 107 Å². The fourth-order valence-electron chi connectivity index (χ4n) is 3.70. The molecule has 0 nitrogen and oxygen atoms in total. The molecular formula is C25H27. The summed E-state index contributed by atoms with van der Waals surface area (Å²) < 4.78 is 0. The lowest BCUT2D eigenvalue weighted by Gasteiger charge is -2.30. The maximum atomic E-state index is 3.57. The molecule has 0 bridgehead atoms. The highest BCUT2D eigenvalue weighted by Crippen LogP contribution is 2.40. The molecule has 0 unspecified atom stereocenters. The van der Waals surface area contributed by atoms with Crippen molar-refractivity contribution in [2.75, 3.05) is 0 Å². The second-order valence-corrected chi connectivity index (χ2v) is 7.91. The van der Waals surface area contributed by atoms with Gasteiger partial charge >= 0.3 is 0 Å². The molecule has 0 spiro atoms. The minimum atomic E-state index is 0.0851. The lowest BCUT2D eigenvalue weighted by Crippen LogP contribution is -2.19. The first-order valence-electron chi connectivity index (χ1n) is 9.01. The molecule has 127 valence electrons. The first kappa shape index (κ1) is 17.5. The van der Waals surface area contributed by atoms with Crippen LogP contribution in [0.2, 0.25) is 0 Å². The van der Waals surface area contributed by atoms with Crippen molar-refractivity contribution >= 4 is 0 Å². The highest BCUT2D eigenvalue weighted by Gasteiger charge is 2.27. The maximum Gasteiger partial charge on any atom is 0.0345 e. The van der Waals surface area contributed by atoms with E-state index < -0.39 is 0 Å². The van der Waals surface area contributed by atoms with E-state index in [1.54, 1.807) is 0 Å². The van der Waals surface area contributed by atoms with E-state index in [0.29, 0.717) is 0 Å². The largest absolute Gasteiger partial charge is 0.0622 e. The zero-order chi connectivity index (χ0) is 18.0. The van der Waals surface area contributed by atoms with Gasteiger partial charge in [0, 0.05) is 5.92 Å². The Hall–Kier alpha value is -2.34. The Bertz CT molecular complexity index is 797. The van der Waals surface area contributed by atoms with Crippen LogP contribution in [0.5, 0.6) is 0 Å². The van der Waals surface area contributed by atoms with Crippen molar-refractivity contribution in [1.29, 1.82) is 0 Å². The van der Waals surface area contributed by atoms with Crippen LogP contribution >= 0.6 is 0 Å². The van der Waals surface area contributed by atoms with Gasteiger partial charge in [-0.2, -0.15) is 0 Å². The second-order valence-electron chi connectivity index (χ2n) is 7.91. The fourth-order valence-corrected chi connectivity index (χ4v) is 3.70. The summed E-state index contributed by atoms with van der Waals surface area (Å²) in [5.41, 5.74) is 8.03. The van der Waals surface area contributed by atoms with E-state index in [1.807, 2.05) is 0 Å². The summed E-state index contributed by atoms with van der Waals surface area (Å²) in [6.45, 7) is 11.3. The minimum absolute atomic E-state index is 0.0851. The van der Waals surface area contributed by atoms with E-state index in [1.165, 1.54) is 33.4 Å². The summed E-state index contributed by atoms with van der Waals surface area (Å²) in [6, 6.07) is 27.6. The van der Waals surface area contributed by atoms with E-state index in [4.69, 9.17) is 0 Å². The number of hydrogen-bond acceptors (Lipinski definition) is 0. The maximum absolute atomic E-state index is 3.57. The molecule has 0 fully saturated rings. The summed E-state index contributed by atoms with van der Waals surface area (Å²) in [6.07, 6.45) is 0. The topological polar surface area (TPSA) is 0 Å². The van der Waals surface area contributed by atoms with Gasteiger partial charge < -0.3 is 0 Å².